The summed E-state index contributed by atoms with van der Waals surface area (Å²) in [6.07, 6.45) is 8.18. The Bertz CT molecular complexity index is 1080. The molecule has 3 aromatic rings. The van der Waals surface area contributed by atoms with Gasteiger partial charge < -0.3 is 14.6 Å². The van der Waals surface area contributed by atoms with Crippen LogP contribution in [0.25, 0.3) is 16.8 Å². The molecule has 7 heteroatoms. The maximum Gasteiger partial charge on any atom is 0.276 e. The topological polar surface area (TPSA) is 77.6 Å². The highest BCUT2D eigenvalue weighted by Gasteiger charge is 2.21. The molecule has 1 N–H and O–H groups in total. The van der Waals surface area contributed by atoms with Crippen LogP contribution in [0.1, 0.15) is 39.0 Å². The number of hydrogen-bond acceptors (Lipinski definition) is 4. The third kappa shape index (κ3) is 4.72. The van der Waals surface area contributed by atoms with E-state index in [1.54, 1.807) is 27.5 Å². The average molecular weight is 409 g/mol. The van der Waals surface area contributed by atoms with Crippen molar-refractivity contribution in [3.05, 3.63) is 53.1 Å². The molecule has 0 aliphatic heterocycles. The molecule has 7 nitrogen and oxygen atoms in total. The monoisotopic (exact) mass is 408 g/mol. The zero-order valence-electron chi connectivity index (χ0n) is 17.3. The lowest BCUT2D eigenvalue weighted by Gasteiger charge is -2.09. The van der Waals surface area contributed by atoms with Crippen LogP contribution < -0.4 is 15.6 Å². The molecule has 1 aliphatic carbocycles. The van der Waals surface area contributed by atoms with E-state index >= 15 is 0 Å². The molecule has 1 fully saturated rings. The number of aromatic nitrogens is 3. The van der Waals surface area contributed by atoms with Crippen molar-refractivity contribution in [3.8, 4) is 17.0 Å². The summed E-state index contributed by atoms with van der Waals surface area (Å²) < 4.78 is 9.07. The van der Waals surface area contributed by atoms with Crippen molar-refractivity contribution in [2.24, 2.45) is 5.92 Å². The molecule has 0 atom stereocenters. The van der Waals surface area contributed by atoms with Crippen LogP contribution in [0, 0.1) is 5.92 Å². The number of para-hydroxylation sites is 1. The van der Waals surface area contributed by atoms with E-state index in [0.29, 0.717) is 30.3 Å². The third-order valence-electron chi connectivity index (χ3n) is 5.39. The van der Waals surface area contributed by atoms with Crippen LogP contribution in [0.2, 0.25) is 0 Å². The molecule has 4 rings (SSSR count). The van der Waals surface area contributed by atoms with Crippen LogP contribution in [-0.2, 0) is 11.3 Å². The predicted molar refractivity (Wildman–Crippen MR) is 116 cm³/mol. The Labute approximate surface area is 175 Å². The Morgan fingerprint density at radius 2 is 2.10 bits per heavy atom. The van der Waals surface area contributed by atoms with Gasteiger partial charge >= 0.3 is 0 Å². The van der Waals surface area contributed by atoms with Gasteiger partial charge in [0.05, 0.1) is 12.3 Å². The standard InChI is InChI=1S/C23H28N4O3/c1-2-3-14-30-21-7-5-4-6-18(21)19-15-20-23(29)26(12-13-27(20)25-19)11-10-22(28)24-16-17-8-9-17/h4-7,12-13,15,17H,2-3,8-11,14,16H2,1H3,(H,24,28). The number of carbonyl (C=O) groups is 1. The molecule has 0 saturated heterocycles. The van der Waals surface area contributed by atoms with Gasteiger partial charge in [-0.1, -0.05) is 25.5 Å². The molecule has 30 heavy (non-hydrogen) atoms. The van der Waals surface area contributed by atoms with E-state index < -0.39 is 0 Å². The molecule has 0 unspecified atom stereocenters. The highest BCUT2D eigenvalue weighted by Crippen LogP contribution is 2.29. The zero-order chi connectivity index (χ0) is 20.9. The van der Waals surface area contributed by atoms with Crippen LogP contribution in [0.15, 0.2) is 47.5 Å². The number of nitrogens with one attached hydrogen (secondary N) is 1. The number of unbranched alkanes of at least 4 members (excludes halogenated alkanes) is 1. The molecule has 2 heterocycles. The molecule has 1 aromatic carbocycles. The molecule has 1 aliphatic rings. The van der Waals surface area contributed by atoms with E-state index in [2.05, 4.69) is 17.3 Å². The van der Waals surface area contributed by atoms with Crippen molar-refractivity contribution >= 4 is 11.4 Å². The molecular weight excluding hydrogens is 380 g/mol. The van der Waals surface area contributed by atoms with Crippen molar-refractivity contribution in [2.45, 2.75) is 45.6 Å². The fourth-order valence-corrected chi connectivity index (χ4v) is 3.36. The van der Waals surface area contributed by atoms with Crippen LogP contribution in [0.3, 0.4) is 0 Å². The van der Waals surface area contributed by atoms with Gasteiger partial charge in [0.1, 0.15) is 11.3 Å². The van der Waals surface area contributed by atoms with Gasteiger partial charge in [-0.2, -0.15) is 5.10 Å². The van der Waals surface area contributed by atoms with Gasteiger partial charge in [-0.15, -0.1) is 0 Å². The number of nitrogens with zero attached hydrogens (tertiary/aromatic N) is 3. The molecule has 1 saturated carbocycles. The molecule has 158 valence electrons. The number of benzene rings is 1. The summed E-state index contributed by atoms with van der Waals surface area (Å²) in [4.78, 5) is 24.9. The van der Waals surface area contributed by atoms with Gasteiger partial charge in [0.15, 0.2) is 0 Å². The predicted octanol–water partition coefficient (Wildman–Crippen LogP) is 3.26. The lowest BCUT2D eigenvalue weighted by Crippen LogP contribution is -2.29. The van der Waals surface area contributed by atoms with E-state index in [1.807, 2.05) is 24.3 Å². The third-order valence-corrected chi connectivity index (χ3v) is 5.39. The van der Waals surface area contributed by atoms with Gasteiger partial charge in [0, 0.05) is 37.5 Å². The molecule has 0 spiro atoms. The fourth-order valence-electron chi connectivity index (χ4n) is 3.36. The fraction of sp³-hybridized carbons (Fsp3) is 0.435. The van der Waals surface area contributed by atoms with Gasteiger partial charge in [-0.3, -0.25) is 9.59 Å². The van der Waals surface area contributed by atoms with Crippen LogP contribution in [0.5, 0.6) is 5.75 Å². The second-order valence-electron chi connectivity index (χ2n) is 7.85. The largest absolute Gasteiger partial charge is 0.493 e. The van der Waals surface area contributed by atoms with Crippen LogP contribution in [0.4, 0.5) is 0 Å². The first-order valence-electron chi connectivity index (χ1n) is 10.7. The van der Waals surface area contributed by atoms with Gasteiger partial charge in [-0.05, 0) is 43.4 Å². The van der Waals surface area contributed by atoms with Gasteiger partial charge in [0.25, 0.3) is 5.56 Å². The number of carbonyl (C=O) groups excluding carboxylic acids is 1. The maximum absolute atomic E-state index is 12.9. The SMILES string of the molecule is CCCCOc1ccccc1-c1cc2c(=O)n(CCC(=O)NCC3CC3)ccn2n1. The van der Waals surface area contributed by atoms with Crippen LogP contribution >= 0.6 is 0 Å². The van der Waals surface area contributed by atoms with Gasteiger partial charge in [0.2, 0.25) is 5.91 Å². The average Bonchev–Trinajstić information content (AvgIpc) is 3.49. The van der Waals surface area contributed by atoms with Crippen molar-refractivity contribution in [3.63, 3.8) is 0 Å². The first-order chi connectivity index (χ1) is 14.7. The minimum atomic E-state index is -0.157. The quantitative estimate of drug-likeness (QED) is 0.523. The highest BCUT2D eigenvalue weighted by molar-refractivity contribution is 5.75. The Hall–Kier alpha value is -3.09. The number of rotatable bonds is 10. The molecule has 1 amide bonds. The smallest absolute Gasteiger partial charge is 0.276 e. The number of fused-ring (bicyclic) bond motifs is 1. The summed E-state index contributed by atoms with van der Waals surface area (Å²) in [6.45, 7) is 3.87. The Balaban J connectivity index is 1.51. The summed E-state index contributed by atoms with van der Waals surface area (Å²) in [6, 6.07) is 9.53. The van der Waals surface area contributed by atoms with Crippen molar-refractivity contribution in [1.29, 1.82) is 0 Å². The molecule has 2 aromatic heterocycles. The Kier molecular flexibility index (Phi) is 6.16. The normalized spacial score (nSPS) is 13.5. The second-order valence-corrected chi connectivity index (χ2v) is 7.85. The molecular formula is C23H28N4O3. The first kappa shape index (κ1) is 20.2. The maximum atomic E-state index is 12.9. The second kappa shape index (κ2) is 9.15. The minimum absolute atomic E-state index is 0.0129. The van der Waals surface area contributed by atoms with E-state index in [0.717, 1.165) is 30.7 Å². The van der Waals surface area contributed by atoms with Crippen LogP contribution in [-0.4, -0.2) is 33.2 Å². The number of aryl methyl sites for hydroxylation is 1. The van der Waals surface area contributed by atoms with E-state index in [1.165, 1.54) is 12.8 Å². The first-order valence-corrected chi connectivity index (χ1v) is 10.7. The molecule has 0 bridgehead atoms. The number of hydrogen-bond donors (Lipinski definition) is 1. The Morgan fingerprint density at radius 1 is 1.27 bits per heavy atom. The van der Waals surface area contributed by atoms with Crippen molar-refractivity contribution in [2.75, 3.05) is 13.2 Å². The van der Waals surface area contributed by atoms with E-state index in [9.17, 15) is 9.59 Å². The summed E-state index contributed by atoms with van der Waals surface area (Å²) in [5.41, 5.74) is 1.88. The van der Waals surface area contributed by atoms with E-state index in [-0.39, 0.29) is 17.9 Å². The zero-order valence-corrected chi connectivity index (χ0v) is 17.3. The molecule has 0 radical (unpaired) electrons. The minimum Gasteiger partial charge on any atom is -0.493 e. The summed E-state index contributed by atoms with van der Waals surface area (Å²) in [5.74, 6) is 1.40. The summed E-state index contributed by atoms with van der Waals surface area (Å²) in [7, 11) is 0. The number of amides is 1. The Morgan fingerprint density at radius 3 is 2.90 bits per heavy atom. The number of ether oxygens (including phenoxy) is 1. The van der Waals surface area contributed by atoms with E-state index in [4.69, 9.17) is 4.74 Å². The van der Waals surface area contributed by atoms with Crippen molar-refractivity contribution < 1.29 is 9.53 Å². The lowest BCUT2D eigenvalue weighted by atomic mass is 10.1. The van der Waals surface area contributed by atoms with Gasteiger partial charge in [-0.25, -0.2) is 4.52 Å². The highest BCUT2D eigenvalue weighted by atomic mass is 16.5. The summed E-state index contributed by atoms with van der Waals surface area (Å²) >= 11 is 0. The van der Waals surface area contributed by atoms with Crippen molar-refractivity contribution in [1.82, 2.24) is 19.5 Å². The summed E-state index contributed by atoms with van der Waals surface area (Å²) in [5, 5.41) is 7.51. The lowest BCUT2D eigenvalue weighted by molar-refractivity contribution is -0.121.